The standard InChI is InChI=1S/C28H43NO5Si/c1-27(2,3)35(6,7)34-25(22-12-13-24(31)23(16-22)19-30)18-29-28(4,5)17-21-10-8-9-20(15-21)11-14-26(32)33/h8-10,12-13,15-16,25,29-31H,11,14,17-19H2,1-7H3,(H,32,33)/t25-/m1/s1. The number of aliphatic hydroxyl groups excluding tert-OH is 1. The molecule has 0 fully saturated rings. The average molecular weight is 502 g/mol. The number of hydrogen-bond donors (Lipinski definition) is 4. The van der Waals surface area contributed by atoms with Gasteiger partial charge in [-0.2, -0.15) is 0 Å². The Balaban J connectivity index is 2.21. The molecule has 0 aliphatic rings. The molecular weight excluding hydrogens is 458 g/mol. The molecule has 4 N–H and O–H groups in total. The summed E-state index contributed by atoms with van der Waals surface area (Å²) in [4.78, 5) is 10.9. The van der Waals surface area contributed by atoms with E-state index in [4.69, 9.17) is 9.53 Å². The van der Waals surface area contributed by atoms with Crippen LogP contribution in [0.4, 0.5) is 0 Å². The first-order chi connectivity index (χ1) is 16.1. The Morgan fingerprint density at radius 3 is 2.31 bits per heavy atom. The SMILES string of the molecule is CC(C)(Cc1cccc(CCC(=O)O)c1)NC[C@@H](O[Si](C)(C)C(C)(C)C)c1ccc(O)c(CO)c1. The lowest BCUT2D eigenvalue weighted by Crippen LogP contribution is -2.47. The van der Waals surface area contributed by atoms with Crippen molar-refractivity contribution in [3.05, 3.63) is 64.7 Å². The fourth-order valence-electron chi connectivity index (χ4n) is 3.78. The van der Waals surface area contributed by atoms with Crippen molar-refractivity contribution >= 4 is 14.3 Å². The van der Waals surface area contributed by atoms with Crippen LogP contribution in [-0.2, 0) is 28.7 Å². The first kappa shape index (κ1) is 29.0. The minimum Gasteiger partial charge on any atom is -0.508 e. The Morgan fingerprint density at radius 2 is 1.71 bits per heavy atom. The van der Waals surface area contributed by atoms with Crippen LogP contribution in [0.25, 0.3) is 0 Å². The van der Waals surface area contributed by atoms with Crippen molar-refractivity contribution < 1.29 is 24.5 Å². The number of carbonyl (C=O) groups is 1. The number of hydrogen-bond acceptors (Lipinski definition) is 5. The second kappa shape index (κ2) is 11.7. The summed E-state index contributed by atoms with van der Waals surface area (Å²) in [6, 6.07) is 13.4. The van der Waals surface area contributed by atoms with Crippen molar-refractivity contribution in [1.82, 2.24) is 5.32 Å². The smallest absolute Gasteiger partial charge is 0.303 e. The summed E-state index contributed by atoms with van der Waals surface area (Å²) in [6.07, 6.45) is 1.19. The van der Waals surface area contributed by atoms with Crippen LogP contribution in [0, 0.1) is 0 Å². The predicted molar refractivity (Wildman–Crippen MR) is 143 cm³/mol. The third kappa shape index (κ3) is 8.76. The maximum Gasteiger partial charge on any atom is 0.303 e. The Morgan fingerprint density at radius 1 is 1.06 bits per heavy atom. The van der Waals surface area contributed by atoms with Crippen molar-refractivity contribution in [2.24, 2.45) is 0 Å². The normalized spacial score (nSPS) is 13.6. The number of aliphatic hydroxyl groups is 1. The molecule has 0 aliphatic heterocycles. The Bertz CT molecular complexity index is 997. The molecule has 2 aromatic carbocycles. The fraction of sp³-hybridized carbons (Fsp3) is 0.536. The highest BCUT2D eigenvalue weighted by atomic mass is 28.4. The lowest BCUT2D eigenvalue weighted by molar-refractivity contribution is -0.136. The number of benzene rings is 2. The predicted octanol–water partition coefficient (Wildman–Crippen LogP) is 5.58. The molecule has 1 atom stereocenters. The number of aliphatic carboxylic acids is 1. The van der Waals surface area contributed by atoms with Gasteiger partial charge in [-0.05, 0) is 73.6 Å². The van der Waals surface area contributed by atoms with Crippen molar-refractivity contribution in [3.8, 4) is 5.75 Å². The van der Waals surface area contributed by atoms with Crippen molar-refractivity contribution in [2.45, 2.75) is 90.3 Å². The molecule has 0 aliphatic carbocycles. The molecule has 194 valence electrons. The molecule has 2 rings (SSSR count). The maximum absolute atomic E-state index is 10.9. The molecule has 35 heavy (non-hydrogen) atoms. The zero-order valence-electron chi connectivity index (χ0n) is 22.3. The second-order valence-electron chi connectivity index (χ2n) is 11.6. The van der Waals surface area contributed by atoms with E-state index in [1.54, 1.807) is 6.07 Å². The topological polar surface area (TPSA) is 99.0 Å². The summed E-state index contributed by atoms with van der Waals surface area (Å²) in [7, 11) is -2.10. The molecule has 7 heteroatoms. The Hall–Kier alpha value is -2.19. The number of aromatic hydroxyl groups is 1. The molecule has 0 bridgehead atoms. The number of rotatable bonds is 12. The van der Waals surface area contributed by atoms with E-state index in [9.17, 15) is 15.0 Å². The third-order valence-electron chi connectivity index (χ3n) is 6.92. The Labute approximate surface area is 211 Å². The number of carboxylic acid groups (broad SMARTS) is 1. The summed E-state index contributed by atoms with van der Waals surface area (Å²) in [5, 5.41) is 32.4. The van der Waals surface area contributed by atoms with Crippen LogP contribution in [-0.4, -0.2) is 41.7 Å². The summed E-state index contributed by atoms with van der Waals surface area (Å²) < 4.78 is 6.80. The van der Waals surface area contributed by atoms with E-state index in [2.05, 4.69) is 65.2 Å². The number of phenols is 1. The van der Waals surface area contributed by atoms with Crippen LogP contribution < -0.4 is 5.32 Å². The van der Waals surface area contributed by atoms with Gasteiger partial charge in [0.15, 0.2) is 8.32 Å². The number of aryl methyl sites for hydroxylation is 1. The van der Waals surface area contributed by atoms with Gasteiger partial charge in [-0.15, -0.1) is 0 Å². The zero-order valence-corrected chi connectivity index (χ0v) is 23.3. The van der Waals surface area contributed by atoms with E-state index < -0.39 is 14.3 Å². The quantitative estimate of drug-likeness (QED) is 0.284. The van der Waals surface area contributed by atoms with Gasteiger partial charge in [0.05, 0.1) is 12.7 Å². The van der Waals surface area contributed by atoms with Crippen molar-refractivity contribution in [1.29, 1.82) is 0 Å². The van der Waals surface area contributed by atoms with Gasteiger partial charge in [0.1, 0.15) is 5.75 Å². The molecule has 0 saturated heterocycles. The van der Waals surface area contributed by atoms with Gasteiger partial charge in [-0.3, -0.25) is 4.79 Å². The van der Waals surface area contributed by atoms with Crippen LogP contribution in [0.5, 0.6) is 5.75 Å². The van der Waals surface area contributed by atoms with E-state index in [0.29, 0.717) is 18.5 Å². The minimum atomic E-state index is -2.10. The molecule has 0 aromatic heterocycles. The van der Waals surface area contributed by atoms with Crippen molar-refractivity contribution in [3.63, 3.8) is 0 Å². The fourth-order valence-corrected chi connectivity index (χ4v) is 5.06. The van der Waals surface area contributed by atoms with Gasteiger partial charge >= 0.3 is 5.97 Å². The maximum atomic E-state index is 10.9. The van der Waals surface area contributed by atoms with E-state index in [0.717, 1.165) is 23.1 Å². The van der Waals surface area contributed by atoms with Gasteiger partial charge in [0.2, 0.25) is 0 Å². The Kier molecular flexibility index (Phi) is 9.70. The second-order valence-corrected chi connectivity index (χ2v) is 16.3. The largest absolute Gasteiger partial charge is 0.508 e. The molecule has 0 saturated carbocycles. The van der Waals surface area contributed by atoms with Crippen LogP contribution in [0.2, 0.25) is 18.1 Å². The summed E-state index contributed by atoms with van der Waals surface area (Å²) in [5.74, 6) is -0.706. The molecule has 0 spiro atoms. The lowest BCUT2D eigenvalue weighted by Gasteiger charge is -2.40. The summed E-state index contributed by atoms with van der Waals surface area (Å²) >= 11 is 0. The molecule has 0 amide bonds. The molecule has 0 heterocycles. The molecule has 0 radical (unpaired) electrons. The zero-order chi connectivity index (χ0) is 26.4. The van der Waals surface area contributed by atoms with Gasteiger partial charge in [-0.1, -0.05) is 51.1 Å². The summed E-state index contributed by atoms with van der Waals surface area (Å²) in [5.41, 5.74) is 3.36. The van der Waals surface area contributed by atoms with Crippen LogP contribution in [0.15, 0.2) is 42.5 Å². The van der Waals surface area contributed by atoms with E-state index >= 15 is 0 Å². The summed E-state index contributed by atoms with van der Waals surface area (Å²) in [6.45, 7) is 15.7. The monoisotopic (exact) mass is 501 g/mol. The average Bonchev–Trinajstić information content (AvgIpc) is 2.74. The van der Waals surface area contributed by atoms with E-state index in [1.807, 2.05) is 24.3 Å². The minimum absolute atomic E-state index is 0.0356. The van der Waals surface area contributed by atoms with Crippen LogP contribution >= 0.6 is 0 Å². The first-order valence-electron chi connectivity index (χ1n) is 12.3. The first-order valence-corrected chi connectivity index (χ1v) is 15.2. The van der Waals surface area contributed by atoms with Crippen LogP contribution in [0.1, 0.15) is 69.4 Å². The number of carboxylic acids is 1. The molecule has 6 nitrogen and oxygen atoms in total. The van der Waals surface area contributed by atoms with Crippen LogP contribution in [0.3, 0.4) is 0 Å². The van der Waals surface area contributed by atoms with Crippen molar-refractivity contribution in [2.75, 3.05) is 6.54 Å². The van der Waals surface area contributed by atoms with Gasteiger partial charge in [0, 0.05) is 24.1 Å². The van der Waals surface area contributed by atoms with Gasteiger partial charge in [-0.25, -0.2) is 0 Å². The molecular formula is C28H43NO5Si. The highest BCUT2D eigenvalue weighted by molar-refractivity contribution is 6.74. The van der Waals surface area contributed by atoms with Gasteiger partial charge in [0.25, 0.3) is 0 Å². The van der Waals surface area contributed by atoms with Gasteiger partial charge < -0.3 is 25.1 Å². The number of nitrogens with one attached hydrogen (secondary N) is 1. The third-order valence-corrected chi connectivity index (χ3v) is 11.4. The van der Waals surface area contributed by atoms with E-state index in [-0.39, 0.29) is 35.5 Å². The lowest BCUT2D eigenvalue weighted by atomic mass is 9.93. The highest BCUT2D eigenvalue weighted by Gasteiger charge is 2.39. The van der Waals surface area contributed by atoms with E-state index in [1.165, 1.54) is 0 Å². The molecule has 2 aromatic rings. The highest BCUT2D eigenvalue weighted by Crippen LogP contribution is 2.40. The molecule has 0 unspecified atom stereocenters.